The molecular weight excluding hydrogens is 212 g/mol. The normalized spacial score (nSPS) is 14.5. The van der Waals surface area contributed by atoms with Crippen molar-refractivity contribution >= 4 is 5.69 Å². The average molecular weight is 226 g/mol. The van der Waals surface area contributed by atoms with E-state index in [9.17, 15) is 20.3 Å². The van der Waals surface area contributed by atoms with Gasteiger partial charge in [0.05, 0.1) is 16.6 Å². The van der Waals surface area contributed by atoms with Crippen LogP contribution in [-0.2, 0) is 0 Å². The summed E-state index contributed by atoms with van der Waals surface area (Å²) in [7, 11) is 0. The van der Waals surface area contributed by atoms with E-state index in [0.717, 1.165) is 5.56 Å². The molecule has 0 aliphatic rings. The van der Waals surface area contributed by atoms with Crippen molar-refractivity contribution in [2.45, 2.75) is 19.1 Å². The second kappa shape index (κ2) is 5.02. The minimum absolute atomic E-state index is 0.0861. The molecule has 0 saturated carbocycles. The molecule has 2 unspecified atom stereocenters. The third kappa shape index (κ3) is 2.54. The predicted molar refractivity (Wildman–Crippen MR) is 57.9 cm³/mol. The largest absolute Gasteiger partial charge is 0.389 e. The summed E-state index contributed by atoms with van der Waals surface area (Å²) in [6, 6.07) is 4.35. The second-order valence-corrected chi connectivity index (χ2v) is 3.57. The fraction of sp³-hybridized carbons (Fsp3) is 0.400. The van der Waals surface area contributed by atoms with Crippen LogP contribution in [0.1, 0.15) is 17.2 Å². The number of hydrogen-bond acceptors (Lipinski definition) is 5. The Bertz CT molecular complexity index is 394. The van der Waals surface area contributed by atoms with Gasteiger partial charge in [-0.2, -0.15) is 0 Å². The number of rotatable bonds is 4. The van der Waals surface area contributed by atoms with Crippen LogP contribution in [-0.4, -0.2) is 27.8 Å². The summed E-state index contributed by atoms with van der Waals surface area (Å²) >= 11 is 0. The van der Waals surface area contributed by atoms with Crippen LogP contribution in [0.15, 0.2) is 18.2 Å². The molecule has 0 spiro atoms. The second-order valence-electron chi connectivity index (χ2n) is 3.57. The van der Waals surface area contributed by atoms with Crippen LogP contribution in [0, 0.1) is 17.0 Å². The number of aliphatic hydroxyl groups is 2. The van der Waals surface area contributed by atoms with Crippen molar-refractivity contribution in [1.82, 2.24) is 0 Å². The van der Waals surface area contributed by atoms with Crippen molar-refractivity contribution in [2.75, 3.05) is 6.54 Å². The fourth-order valence-corrected chi connectivity index (χ4v) is 1.41. The quantitative estimate of drug-likeness (QED) is 0.503. The Morgan fingerprint density at radius 3 is 2.62 bits per heavy atom. The average Bonchev–Trinajstić information content (AvgIpc) is 2.26. The maximum Gasteiger partial charge on any atom is 0.275 e. The lowest BCUT2D eigenvalue weighted by atomic mass is 10.0. The fourth-order valence-electron chi connectivity index (χ4n) is 1.41. The molecule has 0 aromatic heterocycles. The van der Waals surface area contributed by atoms with E-state index in [-0.39, 0.29) is 17.8 Å². The van der Waals surface area contributed by atoms with E-state index in [0.29, 0.717) is 0 Å². The first kappa shape index (κ1) is 12.6. The third-order valence-electron chi connectivity index (χ3n) is 2.30. The van der Waals surface area contributed by atoms with E-state index in [1.807, 2.05) is 0 Å². The highest BCUT2D eigenvalue weighted by Gasteiger charge is 2.25. The predicted octanol–water partition coefficient (Wildman–Crippen LogP) is 0.256. The summed E-state index contributed by atoms with van der Waals surface area (Å²) in [6.45, 7) is 1.58. The van der Waals surface area contributed by atoms with Gasteiger partial charge in [-0.05, 0) is 13.0 Å². The molecule has 0 fully saturated rings. The van der Waals surface area contributed by atoms with Gasteiger partial charge in [0.15, 0.2) is 0 Å². The number of hydrogen-bond donors (Lipinski definition) is 3. The van der Waals surface area contributed by atoms with Crippen molar-refractivity contribution in [2.24, 2.45) is 5.73 Å². The molecule has 4 N–H and O–H groups in total. The summed E-state index contributed by atoms with van der Waals surface area (Å²) in [5.74, 6) is 0. The molecule has 0 heterocycles. The van der Waals surface area contributed by atoms with Crippen LogP contribution in [0.5, 0.6) is 0 Å². The van der Waals surface area contributed by atoms with Crippen molar-refractivity contribution < 1.29 is 15.1 Å². The molecule has 0 amide bonds. The van der Waals surface area contributed by atoms with E-state index in [4.69, 9.17) is 5.73 Å². The van der Waals surface area contributed by atoms with Crippen molar-refractivity contribution in [3.05, 3.63) is 39.4 Å². The Morgan fingerprint density at radius 2 is 2.12 bits per heavy atom. The molecule has 0 aliphatic heterocycles. The van der Waals surface area contributed by atoms with E-state index >= 15 is 0 Å². The van der Waals surface area contributed by atoms with E-state index in [1.165, 1.54) is 12.1 Å². The lowest BCUT2D eigenvalue weighted by Crippen LogP contribution is -2.27. The summed E-state index contributed by atoms with van der Waals surface area (Å²) in [4.78, 5) is 10.1. The van der Waals surface area contributed by atoms with Gasteiger partial charge in [0.1, 0.15) is 6.10 Å². The first-order valence-electron chi connectivity index (χ1n) is 4.78. The number of nitro groups is 1. The summed E-state index contributed by atoms with van der Waals surface area (Å²) in [5, 5.41) is 29.8. The molecule has 0 aliphatic carbocycles. The van der Waals surface area contributed by atoms with Gasteiger partial charge in [0.2, 0.25) is 0 Å². The number of aliphatic hydroxyl groups excluding tert-OH is 2. The van der Waals surface area contributed by atoms with Gasteiger partial charge >= 0.3 is 0 Å². The van der Waals surface area contributed by atoms with Crippen LogP contribution >= 0.6 is 0 Å². The van der Waals surface area contributed by atoms with Crippen LogP contribution in [0.2, 0.25) is 0 Å². The standard InChI is InChI=1S/C10H14N2O4/c1-6-2-3-8(12(15)16)7(4-6)10(14)9(13)5-11/h2-4,9-10,13-14H,5,11H2,1H3. The molecular formula is C10H14N2O4. The van der Waals surface area contributed by atoms with E-state index in [1.54, 1.807) is 13.0 Å². The molecule has 0 bridgehead atoms. The van der Waals surface area contributed by atoms with Gasteiger partial charge in [-0.3, -0.25) is 10.1 Å². The molecule has 2 atom stereocenters. The Balaban J connectivity index is 3.19. The zero-order valence-electron chi connectivity index (χ0n) is 8.83. The number of benzene rings is 1. The van der Waals surface area contributed by atoms with Crippen molar-refractivity contribution in [3.8, 4) is 0 Å². The highest BCUT2D eigenvalue weighted by atomic mass is 16.6. The molecule has 88 valence electrons. The van der Waals surface area contributed by atoms with Crippen molar-refractivity contribution in [1.29, 1.82) is 0 Å². The minimum atomic E-state index is -1.34. The summed E-state index contributed by atoms with van der Waals surface area (Å²) in [5.41, 5.74) is 5.83. The highest BCUT2D eigenvalue weighted by Crippen LogP contribution is 2.27. The SMILES string of the molecule is Cc1ccc([N+](=O)[O-])c(C(O)C(O)CN)c1. The number of nitrogens with zero attached hydrogens (tertiary/aromatic N) is 1. The van der Waals surface area contributed by atoms with Gasteiger partial charge in [0, 0.05) is 12.6 Å². The molecule has 6 nitrogen and oxygen atoms in total. The summed E-state index contributed by atoms with van der Waals surface area (Å²) in [6.07, 6.45) is -2.55. The molecule has 1 aromatic carbocycles. The lowest BCUT2D eigenvalue weighted by Gasteiger charge is -2.16. The Kier molecular flexibility index (Phi) is 3.94. The van der Waals surface area contributed by atoms with E-state index in [2.05, 4.69) is 0 Å². The van der Waals surface area contributed by atoms with Gasteiger partial charge < -0.3 is 15.9 Å². The molecule has 16 heavy (non-hydrogen) atoms. The third-order valence-corrected chi connectivity index (χ3v) is 2.30. The van der Waals surface area contributed by atoms with Crippen LogP contribution < -0.4 is 5.73 Å². The highest BCUT2D eigenvalue weighted by molar-refractivity contribution is 5.44. The topological polar surface area (TPSA) is 110 Å². The first-order chi connectivity index (χ1) is 7.47. The minimum Gasteiger partial charge on any atom is -0.389 e. The van der Waals surface area contributed by atoms with Gasteiger partial charge in [-0.1, -0.05) is 11.6 Å². The lowest BCUT2D eigenvalue weighted by molar-refractivity contribution is -0.386. The van der Waals surface area contributed by atoms with Gasteiger partial charge in [0.25, 0.3) is 5.69 Å². The molecule has 1 rings (SSSR count). The monoisotopic (exact) mass is 226 g/mol. The van der Waals surface area contributed by atoms with Crippen LogP contribution in [0.3, 0.4) is 0 Å². The first-order valence-corrected chi connectivity index (χ1v) is 4.78. The Labute approximate surface area is 92.5 Å². The maximum atomic E-state index is 10.7. The Hall–Kier alpha value is -1.50. The van der Waals surface area contributed by atoms with Gasteiger partial charge in [-0.15, -0.1) is 0 Å². The van der Waals surface area contributed by atoms with E-state index < -0.39 is 17.1 Å². The zero-order valence-corrected chi connectivity index (χ0v) is 8.83. The van der Waals surface area contributed by atoms with Crippen LogP contribution in [0.4, 0.5) is 5.69 Å². The number of aryl methyl sites for hydroxylation is 1. The number of nitrogens with two attached hydrogens (primary N) is 1. The molecule has 1 aromatic rings. The number of nitro benzene ring substituents is 1. The van der Waals surface area contributed by atoms with Crippen LogP contribution in [0.25, 0.3) is 0 Å². The zero-order chi connectivity index (χ0) is 12.3. The molecule has 0 saturated heterocycles. The smallest absolute Gasteiger partial charge is 0.275 e. The summed E-state index contributed by atoms with van der Waals surface area (Å²) < 4.78 is 0. The maximum absolute atomic E-state index is 10.7. The Morgan fingerprint density at radius 1 is 1.50 bits per heavy atom. The van der Waals surface area contributed by atoms with Crippen molar-refractivity contribution in [3.63, 3.8) is 0 Å². The molecule has 6 heteroatoms. The molecule has 0 radical (unpaired) electrons. The van der Waals surface area contributed by atoms with Gasteiger partial charge in [-0.25, -0.2) is 0 Å².